The van der Waals surface area contributed by atoms with Crippen molar-refractivity contribution in [2.45, 2.75) is 24.6 Å². The first kappa shape index (κ1) is 14.9. The Hall–Kier alpha value is -1.17. The second kappa shape index (κ2) is 6.13. The number of aryl methyl sites for hydroxylation is 1. The quantitative estimate of drug-likeness (QED) is 0.782. The van der Waals surface area contributed by atoms with Crippen LogP contribution < -0.4 is 0 Å². The molecular formula is C12H13F3O2S. The molecule has 18 heavy (non-hydrogen) atoms. The van der Waals surface area contributed by atoms with E-state index in [2.05, 4.69) is 0 Å². The molecule has 1 aromatic carbocycles. The smallest absolute Gasteiger partial charge is 0.442 e. The molecule has 0 unspecified atom stereocenters. The summed E-state index contributed by atoms with van der Waals surface area (Å²) in [5, 5.41) is -1.37. The van der Waals surface area contributed by atoms with Crippen LogP contribution in [-0.2, 0) is 9.53 Å². The van der Waals surface area contributed by atoms with Crippen LogP contribution in [0.2, 0.25) is 0 Å². The number of thioether (sulfide) groups is 1. The molecule has 2 nitrogen and oxygen atoms in total. The van der Waals surface area contributed by atoms with Gasteiger partial charge in [0.25, 0.3) is 0 Å². The second-order valence-corrected chi connectivity index (χ2v) is 4.72. The van der Waals surface area contributed by atoms with Gasteiger partial charge >= 0.3 is 11.5 Å². The monoisotopic (exact) mass is 278 g/mol. The highest BCUT2D eigenvalue weighted by atomic mass is 32.2. The fraction of sp³-hybridized carbons (Fsp3) is 0.417. The standard InChI is InChI=1S/C12H13F3O2S/c1-3-17-11(16)10(18-12(13,14)15)9-7-5-4-6-8(9)2/h4-7,10H,3H2,1-2H3/t10-/m1/s1. The van der Waals surface area contributed by atoms with Crippen LogP contribution >= 0.6 is 11.8 Å². The molecule has 0 aliphatic heterocycles. The summed E-state index contributed by atoms with van der Waals surface area (Å²) >= 11 is -0.357. The van der Waals surface area contributed by atoms with Gasteiger partial charge in [0.05, 0.1) is 6.61 Å². The van der Waals surface area contributed by atoms with Crippen molar-refractivity contribution in [3.63, 3.8) is 0 Å². The van der Waals surface area contributed by atoms with E-state index in [-0.39, 0.29) is 18.4 Å². The number of alkyl halides is 3. The molecule has 0 saturated heterocycles. The Morgan fingerprint density at radius 3 is 2.50 bits per heavy atom. The first-order valence-electron chi connectivity index (χ1n) is 5.32. The maximum Gasteiger partial charge on any atom is 0.442 e. The van der Waals surface area contributed by atoms with Gasteiger partial charge in [-0.15, -0.1) is 0 Å². The molecule has 0 aliphatic rings. The van der Waals surface area contributed by atoms with Crippen LogP contribution in [0, 0.1) is 6.92 Å². The van der Waals surface area contributed by atoms with Crippen LogP contribution in [-0.4, -0.2) is 18.1 Å². The fourth-order valence-electron chi connectivity index (χ4n) is 1.47. The molecule has 1 rings (SSSR count). The minimum Gasteiger partial charge on any atom is -0.465 e. The van der Waals surface area contributed by atoms with E-state index in [1.807, 2.05) is 0 Å². The van der Waals surface area contributed by atoms with E-state index in [4.69, 9.17) is 4.74 Å². The van der Waals surface area contributed by atoms with Gasteiger partial charge in [0.15, 0.2) is 0 Å². The molecule has 0 radical (unpaired) electrons. The Morgan fingerprint density at radius 2 is 2.00 bits per heavy atom. The Kier molecular flexibility index (Phi) is 5.07. The van der Waals surface area contributed by atoms with Gasteiger partial charge in [0.2, 0.25) is 0 Å². The van der Waals surface area contributed by atoms with E-state index in [1.165, 1.54) is 6.07 Å². The number of rotatable bonds is 4. The lowest BCUT2D eigenvalue weighted by Crippen LogP contribution is -2.18. The van der Waals surface area contributed by atoms with Gasteiger partial charge in [0.1, 0.15) is 5.25 Å². The average Bonchev–Trinajstić information content (AvgIpc) is 2.26. The maximum atomic E-state index is 12.5. The number of ether oxygens (including phenoxy) is 1. The Morgan fingerprint density at radius 1 is 1.39 bits per heavy atom. The summed E-state index contributed by atoms with van der Waals surface area (Å²) in [4.78, 5) is 11.6. The number of benzene rings is 1. The Balaban J connectivity index is 3.05. The highest BCUT2D eigenvalue weighted by Crippen LogP contribution is 2.43. The lowest BCUT2D eigenvalue weighted by molar-refractivity contribution is -0.142. The van der Waals surface area contributed by atoms with Gasteiger partial charge in [-0.1, -0.05) is 24.3 Å². The van der Waals surface area contributed by atoms with E-state index >= 15 is 0 Å². The zero-order chi connectivity index (χ0) is 13.8. The third-order valence-electron chi connectivity index (χ3n) is 2.22. The predicted molar refractivity (Wildman–Crippen MR) is 64.2 cm³/mol. The zero-order valence-corrected chi connectivity index (χ0v) is 10.8. The normalized spacial score (nSPS) is 13.2. The lowest BCUT2D eigenvalue weighted by Gasteiger charge is -2.18. The molecule has 0 aliphatic carbocycles. The molecule has 0 bridgehead atoms. The summed E-state index contributed by atoms with van der Waals surface area (Å²) in [7, 11) is 0. The molecule has 6 heteroatoms. The van der Waals surface area contributed by atoms with Crippen LogP contribution in [0.5, 0.6) is 0 Å². The minimum atomic E-state index is -4.49. The summed E-state index contributed by atoms with van der Waals surface area (Å²) in [6.07, 6.45) is 0. The van der Waals surface area contributed by atoms with Gasteiger partial charge < -0.3 is 4.74 Å². The van der Waals surface area contributed by atoms with Crippen molar-refractivity contribution in [3.05, 3.63) is 35.4 Å². The Labute approximate surface area is 108 Å². The van der Waals surface area contributed by atoms with Gasteiger partial charge in [-0.05, 0) is 36.7 Å². The number of hydrogen-bond acceptors (Lipinski definition) is 3. The van der Waals surface area contributed by atoms with Crippen LogP contribution in [0.25, 0.3) is 0 Å². The van der Waals surface area contributed by atoms with Gasteiger partial charge in [-0.3, -0.25) is 4.79 Å². The first-order chi connectivity index (χ1) is 8.35. The molecule has 0 heterocycles. The second-order valence-electron chi connectivity index (χ2n) is 3.55. The van der Waals surface area contributed by atoms with Crippen molar-refractivity contribution in [1.29, 1.82) is 0 Å². The first-order valence-corrected chi connectivity index (χ1v) is 6.20. The van der Waals surface area contributed by atoms with Crippen molar-refractivity contribution in [2.24, 2.45) is 0 Å². The summed E-state index contributed by atoms with van der Waals surface area (Å²) in [5.41, 5.74) is -3.52. The number of esters is 1. The summed E-state index contributed by atoms with van der Waals surface area (Å²) < 4.78 is 42.1. The van der Waals surface area contributed by atoms with Gasteiger partial charge in [-0.25, -0.2) is 0 Å². The van der Waals surface area contributed by atoms with Crippen molar-refractivity contribution < 1.29 is 22.7 Å². The van der Waals surface area contributed by atoms with Crippen molar-refractivity contribution in [1.82, 2.24) is 0 Å². The summed E-state index contributed by atoms with van der Waals surface area (Å²) in [5.74, 6) is -0.867. The van der Waals surface area contributed by atoms with Gasteiger partial charge in [-0.2, -0.15) is 13.2 Å². The van der Waals surface area contributed by atoms with Crippen molar-refractivity contribution >= 4 is 17.7 Å². The number of halogens is 3. The molecule has 0 fully saturated rings. The zero-order valence-electron chi connectivity index (χ0n) is 9.95. The van der Waals surface area contributed by atoms with E-state index < -0.39 is 16.7 Å². The van der Waals surface area contributed by atoms with Crippen LogP contribution in [0.3, 0.4) is 0 Å². The number of hydrogen-bond donors (Lipinski definition) is 0. The molecule has 100 valence electrons. The molecule has 0 spiro atoms. The molecule has 0 aromatic heterocycles. The molecule has 0 N–H and O–H groups in total. The lowest BCUT2D eigenvalue weighted by atomic mass is 10.1. The topological polar surface area (TPSA) is 26.3 Å². The molecule has 1 atom stereocenters. The largest absolute Gasteiger partial charge is 0.465 e. The SMILES string of the molecule is CCOC(=O)[C@H](SC(F)(F)F)c1ccccc1C. The third kappa shape index (κ3) is 4.25. The van der Waals surface area contributed by atoms with E-state index in [1.54, 1.807) is 32.0 Å². The molecule has 0 saturated carbocycles. The van der Waals surface area contributed by atoms with Crippen molar-refractivity contribution in [2.75, 3.05) is 6.61 Å². The predicted octanol–water partition coefficient (Wildman–Crippen LogP) is 3.85. The maximum absolute atomic E-state index is 12.5. The summed E-state index contributed by atoms with van der Waals surface area (Å²) in [6, 6.07) is 6.49. The molecule has 0 amide bonds. The molecular weight excluding hydrogens is 265 g/mol. The van der Waals surface area contributed by atoms with Crippen LogP contribution in [0.4, 0.5) is 13.2 Å². The Bertz CT molecular complexity index is 418. The highest BCUT2D eigenvalue weighted by Gasteiger charge is 2.38. The highest BCUT2D eigenvalue weighted by molar-refractivity contribution is 8.01. The third-order valence-corrected chi connectivity index (χ3v) is 3.17. The number of carbonyl (C=O) groups is 1. The fourth-order valence-corrected chi connectivity index (χ4v) is 2.29. The average molecular weight is 278 g/mol. The molecule has 1 aromatic rings. The van der Waals surface area contributed by atoms with E-state index in [0.29, 0.717) is 11.1 Å². The van der Waals surface area contributed by atoms with Crippen LogP contribution in [0.15, 0.2) is 24.3 Å². The van der Waals surface area contributed by atoms with Crippen LogP contribution in [0.1, 0.15) is 23.3 Å². The number of carbonyl (C=O) groups excluding carboxylic acids is 1. The van der Waals surface area contributed by atoms with E-state index in [0.717, 1.165) is 0 Å². The van der Waals surface area contributed by atoms with E-state index in [9.17, 15) is 18.0 Å². The van der Waals surface area contributed by atoms with Gasteiger partial charge in [0, 0.05) is 0 Å². The summed E-state index contributed by atoms with van der Waals surface area (Å²) in [6.45, 7) is 3.28. The minimum absolute atomic E-state index is 0.0552. The van der Waals surface area contributed by atoms with Crippen molar-refractivity contribution in [3.8, 4) is 0 Å².